The van der Waals surface area contributed by atoms with Crippen molar-refractivity contribution in [3.05, 3.63) is 17.7 Å². The van der Waals surface area contributed by atoms with Crippen LogP contribution >= 0.6 is 0 Å². The van der Waals surface area contributed by atoms with Crippen LogP contribution in [0.4, 0.5) is 0 Å². The van der Waals surface area contributed by atoms with E-state index in [0.29, 0.717) is 23.8 Å². The number of benzene rings is 1. The van der Waals surface area contributed by atoms with Gasteiger partial charge in [-0.2, -0.15) is 0 Å². The second-order valence-electron chi connectivity index (χ2n) is 4.42. The van der Waals surface area contributed by atoms with Crippen molar-refractivity contribution >= 4 is 5.91 Å². The zero-order valence-electron chi connectivity index (χ0n) is 11.4. The van der Waals surface area contributed by atoms with Crippen molar-refractivity contribution in [2.75, 3.05) is 34.5 Å². The number of ether oxygens (including phenoxy) is 3. The van der Waals surface area contributed by atoms with Crippen LogP contribution < -0.4 is 19.5 Å². The van der Waals surface area contributed by atoms with Crippen molar-refractivity contribution in [3.63, 3.8) is 0 Å². The van der Waals surface area contributed by atoms with Crippen LogP contribution in [0.3, 0.4) is 0 Å². The van der Waals surface area contributed by atoms with Gasteiger partial charge in [0.05, 0.1) is 0 Å². The number of amides is 1. The van der Waals surface area contributed by atoms with Crippen molar-refractivity contribution in [2.24, 2.45) is 0 Å². The fourth-order valence-corrected chi connectivity index (χ4v) is 1.70. The highest BCUT2D eigenvalue weighted by Crippen LogP contribution is 2.38. The third-order valence-corrected chi connectivity index (χ3v) is 2.77. The second kappa shape index (κ2) is 5.79. The molecule has 0 aromatic heterocycles. The Kier molecular flexibility index (Phi) is 4.11. The molecule has 1 aliphatic heterocycles. The van der Waals surface area contributed by atoms with Crippen LogP contribution in [0.25, 0.3) is 0 Å². The van der Waals surface area contributed by atoms with Gasteiger partial charge in [0.1, 0.15) is 5.75 Å². The normalized spacial score (nSPS) is 12.4. The van der Waals surface area contributed by atoms with Crippen LogP contribution in [0, 0.1) is 0 Å². The number of nitrogens with zero attached hydrogens (tertiary/aromatic N) is 1. The molecule has 0 atom stereocenters. The van der Waals surface area contributed by atoms with Crippen LogP contribution in [-0.2, 0) is 11.3 Å². The molecule has 0 bridgehead atoms. The minimum atomic E-state index is -0.0897. The minimum Gasteiger partial charge on any atom is -0.483 e. The predicted molar refractivity (Wildman–Crippen MR) is 69.5 cm³/mol. The molecule has 104 valence electrons. The first-order valence-corrected chi connectivity index (χ1v) is 6.02. The van der Waals surface area contributed by atoms with Gasteiger partial charge in [-0.05, 0) is 13.1 Å². The molecular formula is C13H18N2O4. The maximum Gasteiger partial charge on any atom is 0.259 e. The Morgan fingerprint density at radius 2 is 2.05 bits per heavy atom. The van der Waals surface area contributed by atoms with Gasteiger partial charge < -0.3 is 24.4 Å². The topological polar surface area (TPSA) is 60.0 Å². The molecule has 0 saturated heterocycles. The molecule has 0 fully saturated rings. The van der Waals surface area contributed by atoms with Gasteiger partial charge in [-0.25, -0.2) is 0 Å². The molecule has 0 unspecified atom stereocenters. The average molecular weight is 266 g/mol. The summed E-state index contributed by atoms with van der Waals surface area (Å²) in [5.74, 6) is 1.89. The largest absolute Gasteiger partial charge is 0.483 e. The molecule has 0 radical (unpaired) electrons. The number of hydrogen-bond donors (Lipinski definition) is 1. The molecule has 1 N–H and O–H groups in total. The van der Waals surface area contributed by atoms with E-state index in [4.69, 9.17) is 14.2 Å². The van der Waals surface area contributed by atoms with Crippen molar-refractivity contribution < 1.29 is 19.0 Å². The van der Waals surface area contributed by atoms with E-state index in [9.17, 15) is 4.79 Å². The summed E-state index contributed by atoms with van der Waals surface area (Å²) in [4.78, 5) is 13.0. The molecule has 1 aliphatic rings. The molecule has 0 spiro atoms. The first-order valence-electron chi connectivity index (χ1n) is 6.02. The Labute approximate surface area is 112 Å². The standard InChI is InChI=1S/C13H18N2O4/c1-14-6-9-4-11-12(19-8-18-11)5-10(9)17-7-13(16)15(2)3/h4-5,14H,6-8H2,1-3H3. The number of hydrogen-bond acceptors (Lipinski definition) is 5. The summed E-state index contributed by atoms with van der Waals surface area (Å²) >= 11 is 0. The SMILES string of the molecule is CNCc1cc2c(cc1OCC(=O)N(C)C)OCO2. The smallest absolute Gasteiger partial charge is 0.259 e. The van der Waals surface area contributed by atoms with Crippen molar-refractivity contribution in [1.29, 1.82) is 0 Å². The Morgan fingerprint density at radius 1 is 1.37 bits per heavy atom. The van der Waals surface area contributed by atoms with Crippen LogP contribution in [0.15, 0.2) is 12.1 Å². The predicted octanol–water partition coefficient (Wildman–Crippen LogP) is 0.602. The lowest BCUT2D eigenvalue weighted by molar-refractivity contribution is -0.130. The van der Waals surface area contributed by atoms with E-state index >= 15 is 0 Å². The highest BCUT2D eigenvalue weighted by atomic mass is 16.7. The van der Waals surface area contributed by atoms with Gasteiger partial charge in [0.15, 0.2) is 18.1 Å². The number of likely N-dealkylation sites (N-methyl/N-ethyl adjacent to an activating group) is 1. The molecule has 1 amide bonds. The maximum atomic E-state index is 11.5. The lowest BCUT2D eigenvalue weighted by Gasteiger charge is -2.14. The lowest BCUT2D eigenvalue weighted by atomic mass is 10.1. The molecule has 1 aromatic carbocycles. The summed E-state index contributed by atoms with van der Waals surface area (Å²) in [5.41, 5.74) is 0.929. The average Bonchev–Trinajstić information content (AvgIpc) is 2.82. The van der Waals surface area contributed by atoms with Crippen LogP contribution in [-0.4, -0.2) is 45.3 Å². The number of fused-ring (bicyclic) bond motifs is 1. The maximum absolute atomic E-state index is 11.5. The van der Waals surface area contributed by atoms with E-state index < -0.39 is 0 Å². The summed E-state index contributed by atoms with van der Waals surface area (Å²) < 4.78 is 16.2. The van der Waals surface area contributed by atoms with Gasteiger partial charge in [-0.15, -0.1) is 0 Å². The van der Waals surface area contributed by atoms with Gasteiger partial charge in [0, 0.05) is 32.3 Å². The summed E-state index contributed by atoms with van der Waals surface area (Å²) in [6.07, 6.45) is 0. The van der Waals surface area contributed by atoms with E-state index in [1.165, 1.54) is 4.90 Å². The quantitative estimate of drug-likeness (QED) is 0.845. The molecule has 6 nitrogen and oxygen atoms in total. The Balaban J connectivity index is 2.15. The molecule has 0 aliphatic carbocycles. The Bertz CT molecular complexity index is 474. The zero-order chi connectivity index (χ0) is 13.8. The van der Waals surface area contributed by atoms with Crippen molar-refractivity contribution in [3.8, 4) is 17.2 Å². The molecule has 1 aromatic rings. The van der Waals surface area contributed by atoms with Crippen LogP contribution in [0.2, 0.25) is 0 Å². The molecular weight excluding hydrogens is 248 g/mol. The van der Waals surface area contributed by atoms with Crippen molar-refractivity contribution in [2.45, 2.75) is 6.54 Å². The van der Waals surface area contributed by atoms with Gasteiger partial charge in [0.2, 0.25) is 6.79 Å². The summed E-state index contributed by atoms with van der Waals surface area (Å²) in [7, 11) is 5.24. The van der Waals surface area contributed by atoms with Gasteiger partial charge >= 0.3 is 0 Å². The third kappa shape index (κ3) is 3.08. The fourth-order valence-electron chi connectivity index (χ4n) is 1.70. The highest BCUT2D eigenvalue weighted by Gasteiger charge is 2.18. The van der Waals surface area contributed by atoms with E-state index in [2.05, 4.69) is 5.32 Å². The van der Waals surface area contributed by atoms with E-state index in [-0.39, 0.29) is 19.3 Å². The van der Waals surface area contributed by atoms with Crippen LogP contribution in [0.1, 0.15) is 5.56 Å². The van der Waals surface area contributed by atoms with Gasteiger partial charge in [0.25, 0.3) is 5.91 Å². The molecule has 2 rings (SSSR count). The molecule has 19 heavy (non-hydrogen) atoms. The number of nitrogens with one attached hydrogen (secondary N) is 1. The van der Waals surface area contributed by atoms with Crippen LogP contribution in [0.5, 0.6) is 17.2 Å². The van der Waals surface area contributed by atoms with E-state index in [1.807, 2.05) is 13.1 Å². The Morgan fingerprint density at radius 3 is 2.68 bits per heavy atom. The van der Waals surface area contributed by atoms with E-state index in [1.54, 1.807) is 20.2 Å². The van der Waals surface area contributed by atoms with Crippen molar-refractivity contribution in [1.82, 2.24) is 10.2 Å². The first kappa shape index (κ1) is 13.5. The lowest BCUT2D eigenvalue weighted by Crippen LogP contribution is -2.27. The number of carbonyl (C=O) groups is 1. The van der Waals surface area contributed by atoms with Gasteiger partial charge in [-0.1, -0.05) is 0 Å². The number of carbonyl (C=O) groups excluding carboxylic acids is 1. The molecule has 6 heteroatoms. The van der Waals surface area contributed by atoms with Gasteiger partial charge in [-0.3, -0.25) is 4.79 Å². The third-order valence-electron chi connectivity index (χ3n) is 2.77. The fraction of sp³-hybridized carbons (Fsp3) is 0.462. The van der Waals surface area contributed by atoms with E-state index in [0.717, 1.165) is 5.56 Å². The first-order chi connectivity index (χ1) is 9.11. The molecule has 0 saturated carbocycles. The summed E-state index contributed by atoms with van der Waals surface area (Å²) in [5, 5.41) is 3.05. The highest BCUT2D eigenvalue weighted by molar-refractivity contribution is 5.77. The Hall–Kier alpha value is -1.95. The monoisotopic (exact) mass is 266 g/mol. The zero-order valence-corrected chi connectivity index (χ0v) is 11.4. The summed E-state index contributed by atoms with van der Waals surface area (Å²) in [6, 6.07) is 3.63. The number of rotatable bonds is 5. The summed E-state index contributed by atoms with van der Waals surface area (Å²) in [6.45, 7) is 0.847. The molecule has 1 heterocycles. The minimum absolute atomic E-state index is 0.00333. The second-order valence-corrected chi connectivity index (χ2v) is 4.42.